The summed E-state index contributed by atoms with van der Waals surface area (Å²) in [6.45, 7) is 7.73. The van der Waals surface area contributed by atoms with Gasteiger partial charge in [-0.3, -0.25) is 0 Å². The maximum Gasteiger partial charge on any atom is 0.203 e. The van der Waals surface area contributed by atoms with E-state index in [0.29, 0.717) is 0 Å². The Morgan fingerprint density at radius 2 is 2.33 bits per heavy atom. The van der Waals surface area contributed by atoms with Crippen LogP contribution in [0.1, 0.15) is 32.6 Å². The Morgan fingerprint density at radius 3 is 3.07 bits per heavy atom. The minimum atomic E-state index is 0.770. The van der Waals surface area contributed by atoms with Gasteiger partial charge in [0.15, 0.2) is 0 Å². The van der Waals surface area contributed by atoms with Gasteiger partial charge in [0.1, 0.15) is 0 Å². The van der Waals surface area contributed by atoms with Crippen molar-refractivity contribution >= 4 is 5.95 Å². The summed E-state index contributed by atoms with van der Waals surface area (Å²) >= 11 is 0. The summed E-state index contributed by atoms with van der Waals surface area (Å²) in [5.74, 6) is 0.950. The molecule has 0 radical (unpaired) electrons. The smallest absolute Gasteiger partial charge is 0.203 e. The monoisotopic (exact) mass is 207 g/mol. The van der Waals surface area contributed by atoms with Crippen molar-refractivity contribution < 1.29 is 0 Å². The number of hydrogen-bond acceptors (Lipinski definition) is 2. The molecular formula is C12H21N3. The molecule has 3 heteroatoms. The molecule has 1 aromatic heterocycles. The molecule has 0 aliphatic carbocycles. The zero-order chi connectivity index (χ0) is 10.9. The summed E-state index contributed by atoms with van der Waals surface area (Å²) in [4.78, 5) is 4.26. The highest BCUT2D eigenvalue weighted by Gasteiger charge is 1.99. The predicted octanol–water partition coefficient (Wildman–Crippen LogP) is 3.06. The topological polar surface area (TPSA) is 29.9 Å². The molecule has 15 heavy (non-hydrogen) atoms. The minimum absolute atomic E-state index is 0.770. The van der Waals surface area contributed by atoms with Gasteiger partial charge in [0.2, 0.25) is 5.95 Å². The van der Waals surface area contributed by atoms with Crippen molar-refractivity contribution in [3.05, 3.63) is 25.0 Å². The molecule has 1 rings (SSSR count). The first-order valence-electron chi connectivity index (χ1n) is 5.74. The van der Waals surface area contributed by atoms with Crippen LogP contribution in [-0.4, -0.2) is 16.1 Å². The highest BCUT2D eigenvalue weighted by molar-refractivity contribution is 5.26. The molecule has 0 spiro atoms. The van der Waals surface area contributed by atoms with Gasteiger partial charge in [-0.15, -0.1) is 6.58 Å². The van der Waals surface area contributed by atoms with E-state index >= 15 is 0 Å². The first kappa shape index (κ1) is 11.8. The van der Waals surface area contributed by atoms with Gasteiger partial charge >= 0.3 is 0 Å². The lowest BCUT2D eigenvalue weighted by Crippen LogP contribution is -2.07. The molecule has 0 aromatic carbocycles. The van der Waals surface area contributed by atoms with Crippen LogP contribution in [0.2, 0.25) is 0 Å². The van der Waals surface area contributed by atoms with Crippen LogP contribution in [-0.2, 0) is 6.54 Å². The van der Waals surface area contributed by atoms with Crippen LogP contribution in [0.5, 0.6) is 0 Å². The van der Waals surface area contributed by atoms with Crippen LogP contribution in [0, 0.1) is 0 Å². The van der Waals surface area contributed by atoms with Gasteiger partial charge in [-0.1, -0.05) is 32.3 Å². The lowest BCUT2D eigenvalue weighted by molar-refractivity contribution is 0.585. The van der Waals surface area contributed by atoms with E-state index in [2.05, 4.69) is 28.4 Å². The molecule has 0 unspecified atom stereocenters. The molecule has 0 fully saturated rings. The average molecular weight is 207 g/mol. The van der Waals surface area contributed by atoms with Gasteiger partial charge in [0.05, 0.1) is 0 Å². The number of nitrogens with one attached hydrogen (secondary N) is 1. The molecule has 0 amide bonds. The molecule has 3 nitrogen and oxygen atoms in total. The molecule has 1 heterocycles. The first-order chi connectivity index (χ1) is 7.38. The van der Waals surface area contributed by atoms with Crippen LogP contribution in [0.25, 0.3) is 0 Å². The van der Waals surface area contributed by atoms with E-state index < -0.39 is 0 Å². The van der Waals surface area contributed by atoms with Gasteiger partial charge in [0, 0.05) is 25.5 Å². The SMILES string of the molecule is C=CCNc1nccn1CCCCCC. The largest absolute Gasteiger partial charge is 0.352 e. The third kappa shape index (κ3) is 4.19. The number of hydrogen-bond donors (Lipinski definition) is 1. The Kier molecular flexibility index (Phi) is 5.59. The molecule has 0 bridgehead atoms. The minimum Gasteiger partial charge on any atom is -0.352 e. The van der Waals surface area contributed by atoms with Crippen molar-refractivity contribution in [1.29, 1.82) is 0 Å². The van der Waals surface area contributed by atoms with Crippen molar-refractivity contribution in [3.8, 4) is 0 Å². The van der Waals surface area contributed by atoms with Gasteiger partial charge < -0.3 is 9.88 Å². The Bertz CT molecular complexity index is 278. The molecule has 1 aromatic rings. The first-order valence-corrected chi connectivity index (χ1v) is 5.74. The summed E-state index contributed by atoms with van der Waals surface area (Å²) < 4.78 is 2.17. The van der Waals surface area contributed by atoms with Crippen molar-refractivity contribution in [2.45, 2.75) is 39.2 Å². The number of rotatable bonds is 8. The third-order valence-electron chi connectivity index (χ3n) is 2.37. The summed E-state index contributed by atoms with van der Waals surface area (Å²) in [7, 11) is 0. The Labute approximate surface area is 92.2 Å². The van der Waals surface area contributed by atoms with E-state index in [4.69, 9.17) is 0 Å². The molecular weight excluding hydrogens is 186 g/mol. The molecule has 1 N–H and O–H groups in total. The second-order valence-corrected chi connectivity index (χ2v) is 3.67. The number of aromatic nitrogens is 2. The van der Waals surface area contributed by atoms with E-state index in [0.717, 1.165) is 19.0 Å². The fourth-order valence-corrected chi connectivity index (χ4v) is 1.53. The van der Waals surface area contributed by atoms with Crippen molar-refractivity contribution in [2.24, 2.45) is 0 Å². The number of anilines is 1. The quantitative estimate of drug-likeness (QED) is 0.524. The number of aryl methyl sites for hydroxylation is 1. The van der Waals surface area contributed by atoms with Crippen LogP contribution in [0.4, 0.5) is 5.95 Å². The van der Waals surface area contributed by atoms with E-state index in [1.807, 2.05) is 18.5 Å². The molecule has 0 saturated heterocycles. The molecule has 0 aliphatic heterocycles. The van der Waals surface area contributed by atoms with Crippen molar-refractivity contribution in [2.75, 3.05) is 11.9 Å². The second kappa shape index (κ2) is 7.10. The number of unbranched alkanes of at least 4 members (excludes halogenated alkanes) is 3. The summed E-state index contributed by atoms with van der Waals surface area (Å²) in [6, 6.07) is 0. The number of nitrogens with zero attached hydrogens (tertiary/aromatic N) is 2. The standard InChI is InChI=1S/C12H21N3/c1-3-5-6-7-10-15-11-9-14-12(15)13-8-4-2/h4,9,11H,2-3,5-8,10H2,1H3,(H,13,14). The van der Waals surface area contributed by atoms with E-state index in [1.54, 1.807) is 0 Å². The Hall–Kier alpha value is -1.25. The van der Waals surface area contributed by atoms with Crippen LogP contribution < -0.4 is 5.32 Å². The summed E-state index contributed by atoms with van der Waals surface area (Å²) in [5, 5.41) is 3.22. The average Bonchev–Trinajstić information content (AvgIpc) is 2.69. The van der Waals surface area contributed by atoms with Crippen LogP contribution in [0.15, 0.2) is 25.0 Å². The van der Waals surface area contributed by atoms with Gasteiger partial charge in [-0.05, 0) is 6.42 Å². The predicted molar refractivity (Wildman–Crippen MR) is 65.1 cm³/mol. The lowest BCUT2D eigenvalue weighted by atomic mass is 10.2. The van der Waals surface area contributed by atoms with Gasteiger partial charge in [-0.25, -0.2) is 4.98 Å². The third-order valence-corrected chi connectivity index (χ3v) is 2.37. The second-order valence-electron chi connectivity index (χ2n) is 3.67. The maximum atomic E-state index is 4.26. The van der Waals surface area contributed by atoms with E-state index in [9.17, 15) is 0 Å². The maximum absolute atomic E-state index is 4.26. The van der Waals surface area contributed by atoms with Gasteiger partial charge in [0.25, 0.3) is 0 Å². The van der Waals surface area contributed by atoms with E-state index in [1.165, 1.54) is 25.7 Å². The fraction of sp³-hybridized carbons (Fsp3) is 0.583. The molecule has 0 aliphatic rings. The highest BCUT2D eigenvalue weighted by atomic mass is 15.2. The number of imidazole rings is 1. The normalized spacial score (nSPS) is 10.2. The zero-order valence-corrected chi connectivity index (χ0v) is 9.58. The Morgan fingerprint density at radius 1 is 1.47 bits per heavy atom. The zero-order valence-electron chi connectivity index (χ0n) is 9.58. The lowest BCUT2D eigenvalue weighted by Gasteiger charge is -2.07. The van der Waals surface area contributed by atoms with E-state index in [-0.39, 0.29) is 0 Å². The molecule has 84 valence electrons. The summed E-state index contributed by atoms with van der Waals surface area (Å²) in [5.41, 5.74) is 0. The summed E-state index contributed by atoms with van der Waals surface area (Å²) in [6.07, 6.45) is 10.8. The molecule has 0 saturated carbocycles. The molecule has 0 atom stereocenters. The highest BCUT2D eigenvalue weighted by Crippen LogP contribution is 2.07. The van der Waals surface area contributed by atoms with Crippen LogP contribution >= 0.6 is 0 Å². The Balaban J connectivity index is 2.32. The van der Waals surface area contributed by atoms with Gasteiger partial charge in [-0.2, -0.15) is 0 Å². The van der Waals surface area contributed by atoms with Crippen LogP contribution in [0.3, 0.4) is 0 Å². The fourth-order valence-electron chi connectivity index (χ4n) is 1.53. The van der Waals surface area contributed by atoms with Crippen molar-refractivity contribution in [3.63, 3.8) is 0 Å². The van der Waals surface area contributed by atoms with Crippen molar-refractivity contribution in [1.82, 2.24) is 9.55 Å².